The summed E-state index contributed by atoms with van der Waals surface area (Å²) >= 11 is 1.84. The number of hydrogen-bond acceptors (Lipinski definition) is 4. The molecule has 0 aliphatic carbocycles. The standard InChI is InChI=1S/C10H17N3S/c1-13-5-3-8(7-13)10-12-6-9(14-10)2-4-11/h6,8H,2-5,7,11H2,1H3. The van der Waals surface area contributed by atoms with Crippen molar-refractivity contribution in [2.75, 3.05) is 26.7 Å². The SMILES string of the molecule is CN1CCC(c2ncc(CCN)s2)C1. The van der Waals surface area contributed by atoms with Crippen LogP contribution in [0.5, 0.6) is 0 Å². The summed E-state index contributed by atoms with van der Waals surface area (Å²) in [7, 11) is 2.18. The molecular weight excluding hydrogens is 194 g/mol. The molecule has 0 bridgehead atoms. The first-order valence-corrected chi connectivity index (χ1v) is 5.94. The second-order valence-electron chi connectivity index (χ2n) is 3.95. The third kappa shape index (κ3) is 2.13. The van der Waals surface area contributed by atoms with Gasteiger partial charge in [-0.15, -0.1) is 11.3 Å². The smallest absolute Gasteiger partial charge is 0.0971 e. The molecule has 3 nitrogen and oxygen atoms in total. The first-order valence-electron chi connectivity index (χ1n) is 5.13. The number of nitrogens with two attached hydrogens (primary N) is 1. The number of aromatic nitrogens is 1. The maximum Gasteiger partial charge on any atom is 0.0971 e. The molecule has 0 spiro atoms. The molecule has 0 amide bonds. The van der Waals surface area contributed by atoms with Crippen molar-refractivity contribution in [3.05, 3.63) is 16.1 Å². The molecule has 2 rings (SSSR count). The third-order valence-electron chi connectivity index (χ3n) is 2.70. The van der Waals surface area contributed by atoms with Gasteiger partial charge in [-0.05, 0) is 33.0 Å². The second kappa shape index (κ2) is 4.38. The van der Waals surface area contributed by atoms with Crippen molar-refractivity contribution in [1.82, 2.24) is 9.88 Å². The average molecular weight is 211 g/mol. The molecule has 2 N–H and O–H groups in total. The molecule has 1 fully saturated rings. The Balaban J connectivity index is 2.02. The normalized spacial score (nSPS) is 23.1. The van der Waals surface area contributed by atoms with Crippen molar-refractivity contribution in [2.24, 2.45) is 5.73 Å². The molecule has 1 aromatic rings. The van der Waals surface area contributed by atoms with Crippen molar-refractivity contribution >= 4 is 11.3 Å². The van der Waals surface area contributed by atoms with E-state index in [1.165, 1.54) is 22.9 Å². The van der Waals surface area contributed by atoms with Gasteiger partial charge in [-0.2, -0.15) is 0 Å². The highest BCUT2D eigenvalue weighted by Crippen LogP contribution is 2.29. The number of hydrogen-bond donors (Lipinski definition) is 1. The summed E-state index contributed by atoms with van der Waals surface area (Å²) in [4.78, 5) is 8.19. The van der Waals surface area contributed by atoms with Crippen LogP contribution < -0.4 is 5.73 Å². The van der Waals surface area contributed by atoms with Crippen LogP contribution in [0.25, 0.3) is 0 Å². The Kier molecular flexibility index (Phi) is 3.15. The zero-order valence-corrected chi connectivity index (χ0v) is 9.39. The van der Waals surface area contributed by atoms with Gasteiger partial charge in [0.2, 0.25) is 0 Å². The highest BCUT2D eigenvalue weighted by molar-refractivity contribution is 7.11. The van der Waals surface area contributed by atoms with Gasteiger partial charge in [0.1, 0.15) is 0 Å². The van der Waals surface area contributed by atoms with E-state index in [4.69, 9.17) is 5.73 Å². The van der Waals surface area contributed by atoms with Gasteiger partial charge in [0, 0.05) is 23.5 Å². The van der Waals surface area contributed by atoms with E-state index >= 15 is 0 Å². The maximum absolute atomic E-state index is 5.52. The van der Waals surface area contributed by atoms with Crippen molar-refractivity contribution < 1.29 is 0 Å². The van der Waals surface area contributed by atoms with Crippen LogP contribution in [0, 0.1) is 0 Å². The van der Waals surface area contributed by atoms with Crippen LogP contribution in [0.2, 0.25) is 0 Å². The summed E-state index contributed by atoms with van der Waals surface area (Å²) < 4.78 is 0. The number of likely N-dealkylation sites (N-methyl/N-ethyl adjacent to an activating group) is 1. The molecule has 1 unspecified atom stereocenters. The molecule has 1 aliphatic heterocycles. The lowest BCUT2D eigenvalue weighted by molar-refractivity contribution is 0.411. The van der Waals surface area contributed by atoms with E-state index in [1.54, 1.807) is 0 Å². The third-order valence-corrected chi connectivity index (χ3v) is 3.92. The summed E-state index contributed by atoms with van der Waals surface area (Å²) in [5, 5.41) is 1.30. The molecule has 1 aliphatic rings. The van der Waals surface area contributed by atoms with Gasteiger partial charge in [0.05, 0.1) is 5.01 Å². The van der Waals surface area contributed by atoms with Crippen molar-refractivity contribution in [3.8, 4) is 0 Å². The highest BCUT2D eigenvalue weighted by atomic mass is 32.1. The number of rotatable bonds is 3. The van der Waals surface area contributed by atoms with E-state index in [2.05, 4.69) is 16.9 Å². The van der Waals surface area contributed by atoms with Crippen LogP contribution in [0.1, 0.15) is 22.2 Å². The lowest BCUT2D eigenvalue weighted by Gasteiger charge is -2.06. The first-order chi connectivity index (χ1) is 6.79. The molecule has 1 saturated heterocycles. The summed E-state index contributed by atoms with van der Waals surface area (Å²) in [5.74, 6) is 0.663. The summed E-state index contributed by atoms with van der Waals surface area (Å²) in [6, 6.07) is 0. The Hall–Kier alpha value is -0.450. The van der Waals surface area contributed by atoms with Gasteiger partial charge in [0.15, 0.2) is 0 Å². The minimum Gasteiger partial charge on any atom is -0.330 e. The van der Waals surface area contributed by atoms with Crippen LogP contribution in [0.15, 0.2) is 6.20 Å². The van der Waals surface area contributed by atoms with Gasteiger partial charge in [0.25, 0.3) is 0 Å². The van der Waals surface area contributed by atoms with Crippen molar-refractivity contribution in [1.29, 1.82) is 0 Å². The first kappa shape index (κ1) is 10.1. The number of nitrogens with zero attached hydrogens (tertiary/aromatic N) is 2. The van der Waals surface area contributed by atoms with E-state index < -0.39 is 0 Å². The molecule has 14 heavy (non-hydrogen) atoms. The van der Waals surface area contributed by atoms with Crippen molar-refractivity contribution in [2.45, 2.75) is 18.8 Å². The Morgan fingerprint density at radius 1 is 1.71 bits per heavy atom. The van der Waals surface area contributed by atoms with Gasteiger partial charge < -0.3 is 10.6 Å². The lowest BCUT2D eigenvalue weighted by Crippen LogP contribution is -2.13. The highest BCUT2D eigenvalue weighted by Gasteiger charge is 2.23. The second-order valence-corrected chi connectivity index (χ2v) is 5.10. The Bertz CT molecular complexity index is 297. The zero-order valence-electron chi connectivity index (χ0n) is 8.57. The maximum atomic E-state index is 5.52. The van der Waals surface area contributed by atoms with Crippen LogP contribution in [0.4, 0.5) is 0 Å². The van der Waals surface area contributed by atoms with Gasteiger partial charge in [-0.1, -0.05) is 0 Å². The lowest BCUT2D eigenvalue weighted by atomic mass is 10.1. The van der Waals surface area contributed by atoms with Crippen molar-refractivity contribution in [3.63, 3.8) is 0 Å². The summed E-state index contributed by atoms with van der Waals surface area (Å²) in [6.45, 7) is 3.10. The largest absolute Gasteiger partial charge is 0.330 e. The summed E-state index contributed by atoms with van der Waals surface area (Å²) in [5.41, 5.74) is 5.52. The predicted octanol–water partition coefficient (Wildman–Crippen LogP) is 1.06. The zero-order chi connectivity index (χ0) is 9.97. The van der Waals surface area contributed by atoms with Gasteiger partial charge >= 0.3 is 0 Å². The molecule has 0 saturated carbocycles. The molecule has 4 heteroatoms. The average Bonchev–Trinajstić information content (AvgIpc) is 2.74. The molecular formula is C10H17N3S. The fourth-order valence-electron chi connectivity index (χ4n) is 1.91. The Morgan fingerprint density at radius 2 is 2.57 bits per heavy atom. The van der Waals surface area contributed by atoms with Gasteiger partial charge in [-0.3, -0.25) is 0 Å². The quantitative estimate of drug-likeness (QED) is 0.813. The van der Waals surface area contributed by atoms with Crippen LogP contribution >= 0.6 is 11.3 Å². The topological polar surface area (TPSA) is 42.2 Å². The molecule has 78 valence electrons. The monoisotopic (exact) mass is 211 g/mol. The molecule has 1 atom stereocenters. The van der Waals surface area contributed by atoms with Gasteiger partial charge in [-0.25, -0.2) is 4.98 Å². The molecule has 0 radical (unpaired) electrons. The van der Waals surface area contributed by atoms with E-state index in [0.717, 1.165) is 19.5 Å². The minimum atomic E-state index is 0.663. The number of likely N-dealkylation sites (tertiary alicyclic amines) is 1. The molecule has 2 heterocycles. The van der Waals surface area contributed by atoms with Crippen LogP contribution in [0.3, 0.4) is 0 Å². The van der Waals surface area contributed by atoms with E-state index in [-0.39, 0.29) is 0 Å². The number of thiazole rings is 1. The fourth-order valence-corrected chi connectivity index (χ4v) is 2.96. The van der Waals surface area contributed by atoms with E-state index in [0.29, 0.717) is 5.92 Å². The Morgan fingerprint density at radius 3 is 3.21 bits per heavy atom. The predicted molar refractivity (Wildman–Crippen MR) is 59.7 cm³/mol. The minimum absolute atomic E-state index is 0.663. The van der Waals surface area contributed by atoms with Crippen LogP contribution in [-0.2, 0) is 6.42 Å². The molecule has 1 aromatic heterocycles. The summed E-state index contributed by atoms with van der Waals surface area (Å²) in [6.07, 6.45) is 4.22. The fraction of sp³-hybridized carbons (Fsp3) is 0.700. The van der Waals surface area contributed by atoms with E-state index in [9.17, 15) is 0 Å². The van der Waals surface area contributed by atoms with E-state index in [1.807, 2.05) is 17.5 Å². The molecule has 0 aromatic carbocycles. The van der Waals surface area contributed by atoms with Crippen LogP contribution in [-0.4, -0.2) is 36.6 Å². The Labute approximate surface area is 88.9 Å².